The Balaban J connectivity index is 2.51. The molecule has 2 N–H and O–H groups in total. The number of ether oxygens (including phenoxy) is 1. The largest absolute Gasteiger partial charge is 0.383 e. The van der Waals surface area contributed by atoms with Crippen LogP contribution in [0, 0.1) is 0 Å². The molecule has 0 saturated carbocycles. The molecule has 6 nitrogen and oxygen atoms in total. The van der Waals surface area contributed by atoms with Crippen LogP contribution in [0.5, 0.6) is 0 Å². The summed E-state index contributed by atoms with van der Waals surface area (Å²) in [6, 6.07) is 1.84. The van der Waals surface area contributed by atoms with Gasteiger partial charge in [-0.2, -0.15) is 0 Å². The lowest BCUT2D eigenvalue weighted by molar-refractivity contribution is 0.162. The third-order valence-electron chi connectivity index (χ3n) is 3.42. The molecule has 0 radical (unpaired) electrons. The van der Waals surface area contributed by atoms with Gasteiger partial charge in [0.2, 0.25) is 0 Å². The zero-order chi connectivity index (χ0) is 17.2. The predicted molar refractivity (Wildman–Crippen MR) is 97.6 cm³/mol. The van der Waals surface area contributed by atoms with Crippen LogP contribution in [0.2, 0.25) is 10.2 Å². The molecule has 0 aromatic carbocycles. The molecule has 1 heterocycles. The number of aromatic nitrogens is 1. The van der Waals surface area contributed by atoms with E-state index in [1.54, 1.807) is 7.11 Å². The van der Waals surface area contributed by atoms with Gasteiger partial charge in [-0.3, -0.25) is 0 Å². The second-order valence-corrected chi connectivity index (χ2v) is 6.02. The Morgan fingerprint density at radius 1 is 1.35 bits per heavy atom. The molecule has 0 aliphatic rings. The molecule has 1 aromatic heterocycles. The number of guanidine groups is 1. The van der Waals surface area contributed by atoms with Crippen LogP contribution in [0.1, 0.15) is 12.6 Å². The molecule has 1 rings (SSSR count). The number of halogens is 2. The Kier molecular flexibility index (Phi) is 9.40. The Morgan fingerprint density at radius 3 is 2.65 bits per heavy atom. The van der Waals surface area contributed by atoms with Crippen LogP contribution in [-0.4, -0.2) is 62.4 Å². The van der Waals surface area contributed by atoms with Gasteiger partial charge in [-0.1, -0.05) is 23.2 Å². The van der Waals surface area contributed by atoms with Crippen LogP contribution in [-0.2, 0) is 18.3 Å². The van der Waals surface area contributed by atoms with Gasteiger partial charge in [-0.25, -0.2) is 4.99 Å². The van der Waals surface area contributed by atoms with E-state index in [0.717, 1.165) is 44.4 Å². The lowest BCUT2D eigenvalue weighted by Crippen LogP contribution is -2.41. The number of hydrogen-bond donors (Lipinski definition) is 2. The zero-order valence-corrected chi connectivity index (χ0v) is 15.8. The van der Waals surface area contributed by atoms with Crippen molar-refractivity contribution in [1.29, 1.82) is 0 Å². The van der Waals surface area contributed by atoms with Crippen LogP contribution < -0.4 is 10.6 Å². The predicted octanol–water partition coefficient (Wildman–Crippen LogP) is 1.97. The molecular weight excluding hydrogens is 337 g/mol. The van der Waals surface area contributed by atoms with Crippen LogP contribution in [0.4, 0.5) is 0 Å². The summed E-state index contributed by atoms with van der Waals surface area (Å²) >= 11 is 12.1. The fourth-order valence-electron chi connectivity index (χ4n) is 1.97. The van der Waals surface area contributed by atoms with Gasteiger partial charge in [0.1, 0.15) is 5.15 Å². The molecular formula is C15H27Cl2N5O. The van der Waals surface area contributed by atoms with Gasteiger partial charge in [0.05, 0.1) is 18.2 Å². The van der Waals surface area contributed by atoms with Crippen molar-refractivity contribution in [3.8, 4) is 0 Å². The van der Waals surface area contributed by atoms with Gasteiger partial charge in [0, 0.05) is 46.0 Å². The van der Waals surface area contributed by atoms with E-state index in [0.29, 0.717) is 16.7 Å². The minimum atomic E-state index is 0.512. The molecule has 0 fully saturated rings. The Morgan fingerprint density at radius 2 is 2.09 bits per heavy atom. The number of nitrogens with zero attached hydrogens (tertiary/aromatic N) is 3. The molecule has 0 aliphatic heterocycles. The fourth-order valence-corrected chi connectivity index (χ4v) is 2.38. The maximum atomic E-state index is 6.07. The van der Waals surface area contributed by atoms with Gasteiger partial charge in [0.25, 0.3) is 0 Å². The molecule has 0 spiro atoms. The van der Waals surface area contributed by atoms with Crippen LogP contribution in [0.15, 0.2) is 11.1 Å². The first kappa shape index (κ1) is 20.1. The topological polar surface area (TPSA) is 53.8 Å². The first-order valence-electron chi connectivity index (χ1n) is 7.68. The van der Waals surface area contributed by atoms with E-state index < -0.39 is 0 Å². The standard InChI is InChI=1S/C15H27Cl2N5O/c1-5-18-15(19-6-7-21(2)8-9-23-4)20-11-12-10-13(16)14(17)22(12)3/h10H,5-9,11H2,1-4H3,(H2,18,19,20). The maximum absolute atomic E-state index is 6.07. The molecule has 8 heteroatoms. The van der Waals surface area contributed by atoms with Crippen molar-refractivity contribution in [2.45, 2.75) is 13.5 Å². The summed E-state index contributed by atoms with van der Waals surface area (Å²) in [6.07, 6.45) is 0. The van der Waals surface area contributed by atoms with Crippen molar-refractivity contribution in [3.05, 3.63) is 21.9 Å². The third-order valence-corrected chi connectivity index (χ3v) is 4.26. The average Bonchev–Trinajstić information content (AvgIpc) is 2.77. The van der Waals surface area contributed by atoms with E-state index in [2.05, 4.69) is 27.6 Å². The first-order chi connectivity index (χ1) is 11.0. The molecule has 0 saturated heterocycles. The smallest absolute Gasteiger partial charge is 0.191 e. The Hall–Kier alpha value is -0.950. The van der Waals surface area contributed by atoms with E-state index in [4.69, 9.17) is 27.9 Å². The van der Waals surface area contributed by atoms with E-state index in [1.165, 1.54) is 0 Å². The van der Waals surface area contributed by atoms with Crippen LogP contribution >= 0.6 is 23.2 Å². The van der Waals surface area contributed by atoms with Crippen molar-refractivity contribution in [3.63, 3.8) is 0 Å². The number of aliphatic imine (C=N–C) groups is 1. The SMILES string of the molecule is CCNC(=NCc1cc(Cl)c(Cl)n1C)NCCN(C)CCOC. The molecule has 23 heavy (non-hydrogen) atoms. The van der Waals surface area contributed by atoms with E-state index in [9.17, 15) is 0 Å². The Labute approximate surface area is 148 Å². The molecule has 0 bridgehead atoms. The van der Waals surface area contributed by atoms with E-state index >= 15 is 0 Å². The summed E-state index contributed by atoms with van der Waals surface area (Å²) < 4.78 is 6.91. The number of rotatable bonds is 9. The van der Waals surface area contributed by atoms with Crippen molar-refractivity contribution >= 4 is 29.2 Å². The Bertz CT molecular complexity index is 504. The highest BCUT2D eigenvalue weighted by atomic mass is 35.5. The summed E-state index contributed by atoms with van der Waals surface area (Å²) in [6.45, 7) is 6.72. The van der Waals surface area contributed by atoms with E-state index in [1.807, 2.05) is 24.6 Å². The second-order valence-electron chi connectivity index (χ2n) is 5.25. The zero-order valence-electron chi connectivity index (χ0n) is 14.3. The summed E-state index contributed by atoms with van der Waals surface area (Å²) in [5, 5.41) is 7.64. The lowest BCUT2D eigenvalue weighted by Gasteiger charge is -2.17. The van der Waals surface area contributed by atoms with Gasteiger partial charge >= 0.3 is 0 Å². The summed E-state index contributed by atoms with van der Waals surface area (Å²) in [5.74, 6) is 0.779. The monoisotopic (exact) mass is 363 g/mol. The van der Waals surface area contributed by atoms with Crippen molar-refractivity contribution < 1.29 is 4.74 Å². The number of nitrogens with one attached hydrogen (secondary N) is 2. The highest BCUT2D eigenvalue weighted by Gasteiger charge is 2.08. The molecule has 0 aliphatic carbocycles. The summed E-state index contributed by atoms with van der Waals surface area (Å²) in [7, 11) is 5.66. The summed E-state index contributed by atoms with van der Waals surface area (Å²) in [5.41, 5.74) is 0.967. The second kappa shape index (κ2) is 10.8. The van der Waals surface area contributed by atoms with Crippen LogP contribution in [0.25, 0.3) is 0 Å². The maximum Gasteiger partial charge on any atom is 0.191 e. The van der Waals surface area contributed by atoms with Crippen molar-refractivity contribution in [2.24, 2.45) is 12.0 Å². The number of hydrogen-bond acceptors (Lipinski definition) is 3. The summed E-state index contributed by atoms with van der Waals surface area (Å²) in [4.78, 5) is 6.78. The minimum absolute atomic E-state index is 0.512. The van der Waals surface area contributed by atoms with Gasteiger partial charge in [0.15, 0.2) is 5.96 Å². The lowest BCUT2D eigenvalue weighted by atomic mass is 10.4. The minimum Gasteiger partial charge on any atom is -0.383 e. The normalized spacial score (nSPS) is 12.0. The van der Waals surface area contributed by atoms with Crippen LogP contribution in [0.3, 0.4) is 0 Å². The molecule has 0 amide bonds. The quantitative estimate of drug-likeness (QED) is 0.520. The fraction of sp³-hybridized carbons (Fsp3) is 0.667. The average molecular weight is 364 g/mol. The highest BCUT2D eigenvalue weighted by molar-refractivity contribution is 6.41. The molecule has 1 aromatic rings. The van der Waals surface area contributed by atoms with Crippen molar-refractivity contribution in [2.75, 3.05) is 46.9 Å². The van der Waals surface area contributed by atoms with Crippen molar-refractivity contribution in [1.82, 2.24) is 20.1 Å². The van der Waals surface area contributed by atoms with E-state index in [-0.39, 0.29) is 0 Å². The molecule has 0 atom stereocenters. The first-order valence-corrected chi connectivity index (χ1v) is 8.44. The van der Waals surface area contributed by atoms with Gasteiger partial charge in [-0.05, 0) is 20.0 Å². The highest BCUT2D eigenvalue weighted by Crippen LogP contribution is 2.25. The molecule has 0 unspecified atom stereocenters. The molecule has 132 valence electrons. The van der Waals surface area contributed by atoms with Gasteiger partial charge < -0.3 is 24.8 Å². The van der Waals surface area contributed by atoms with Gasteiger partial charge in [-0.15, -0.1) is 0 Å². The number of likely N-dealkylation sites (N-methyl/N-ethyl adjacent to an activating group) is 1. The third kappa shape index (κ3) is 6.99. The number of methoxy groups -OCH3 is 1.